The van der Waals surface area contributed by atoms with E-state index in [9.17, 15) is 13.2 Å². The molecule has 2 aromatic carbocycles. The number of carbonyl (C=O) groups excluding carboxylic acids is 1. The van der Waals surface area contributed by atoms with E-state index in [1.165, 1.54) is 36.5 Å². The molecule has 0 saturated heterocycles. The first-order valence-electron chi connectivity index (χ1n) is 8.27. The van der Waals surface area contributed by atoms with Crippen LogP contribution in [0.3, 0.4) is 0 Å². The van der Waals surface area contributed by atoms with Gasteiger partial charge in [-0.05, 0) is 43.2 Å². The molecule has 0 aliphatic carbocycles. The van der Waals surface area contributed by atoms with E-state index in [0.717, 1.165) is 5.56 Å². The van der Waals surface area contributed by atoms with Crippen LogP contribution in [0.4, 0.5) is 5.69 Å². The standard InChI is InChI=1S/C19H18N2O5S/c1-13(12-20)26-19(22)16-11-15(7-8-18(16)25-2)27(23,24)21-10-9-14-5-3-4-6-17(14)21/h3-8,11,13H,9-10H2,1-2H3. The average molecular weight is 386 g/mol. The molecule has 3 rings (SSSR count). The van der Waals surface area contributed by atoms with Gasteiger partial charge in [-0.15, -0.1) is 0 Å². The van der Waals surface area contributed by atoms with Crippen molar-refractivity contribution in [3.05, 3.63) is 53.6 Å². The van der Waals surface area contributed by atoms with Gasteiger partial charge in [0.05, 0.1) is 17.7 Å². The molecule has 7 nitrogen and oxygen atoms in total. The Kier molecular flexibility index (Phi) is 5.06. The minimum Gasteiger partial charge on any atom is -0.496 e. The van der Waals surface area contributed by atoms with Crippen molar-refractivity contribution in [3.63, 3.8) is 0 Å². The van der Waals surface area contributed by atoms with Crippen LogP contribution in [0.25, 0.3) is 0 Å². The van der Waals surface area contributed by atoms with Crippen LogP contribution < -0.4 is 9.04 Å². The van der Waals surface area contributed by atoms with Crippen LogP contribution in [0.5, 0.6) is 5.75 Å². The summed E-state index contributed by atoms with van der Waals surface area (Å²) in [7, 11) is -2.50. The predicted molar refractivity (Wildman–Crippen MR) is 98.2 cm³/mol. The van der Waals surface area contributed by atoms with Gasteiger partial charge in [0.25, 0.3) is 10.0 Å². The normalized spacial score (nSPS) is 14.2. The number of hydrogen-bond donors (Lipinski definition) is 0. The fourth-order valence-corrected chi connectivity index (χ4v) is 4.47. The topological polar surface area (TPSA) is 96.7 Å². The number of nitrogens with zero attached hydrogens (tertiary/aromatic N) is 2. The first kappa shape index (κ1) is 18.7. The molecule has 0 bridgehead atoms. The number of nitriles is 1. The fourth-order valence-electron chi connectivity index (χ4n) is 2.94. The Labute approximate surface area is 157 Å². The van der Waals surface area contributed by atoms with Gasteiger partial charge in [-0.25, -0.2) is 13.2 Å². The van der Waals surface area contributed by atoms with E-state index in [0.29, 0.717) is 18.7 Å². The van der Waals surface area contributed by atoms with Crippen molar-refractivity contribution in [3.8, 4) is 11.8 Å². The molecule has 0 spiro atoms. The van der Waals surface area contributed by atoms with Crippen LogP contribution in [-0.2, 0) is 21.2 Å². The van der Waals surface area contributed by atoms with Crippen LogP contribution in [0.15, 0.2) is 47.4 Å². The molecule has 1 aliphatic heterocycles. The molecule has 0 radical (unpaired) electrons. The molecule has 1 unspecified atom stereocenters. The van der Waals surface area contributed by atoms with Gasteiger partial charge in [-0.1, -0.05) is 18.2 Å². The molecule has 140 valence electrons. The van der Waals surface area contributed by atoms with E-state index in [4.69, 9.17) is 14.7 Å². The van der Waals surface area contributed by atoms with Gasteiger partial charge in [0, 0.05) is 6.54 Å². The highest BCUT2D eigenvalue weighted by Gasteiger charge is 2.32. The maximum absolute atomic E-state index is 13.1. The van der Waals surface area contributed by atoms with E-state index < -0.39 is 22.1 Å². The van der Waals surface area contributed by atoms with Crippen LogP contribution in [-0.4, -0.2) is 34.1 Å². The molecular formula is C19H18N2O5S. The zero-order chi connectivity index (χ0) is 19.6. The first-order valence-corrected chi connectivity index (χ1v) is 9.71. The van der Waals surface area contributed by atoms with Gasteiger partial charge in [0.1, 0.15) is 17.4 Å². The van der Waals surface area contributed by atoms with Gasteiger partial charge in [0.2, 0.25) is 0 Å². The van der Waals surface area contributed by atoms with Gasteiger partial charge < -0.3 is 9.47 Å². The SMILES string of the molecule is COc1ccc(S(=O)(=O)N2CCc3ccccc32)cc1C(=O)OC(C)C#N. The number of fused-ring (bicyclic) bond motifs is 1. The number of anilines is 1. The van der Waals surface area contributed by atoms with Crippen LogP contribution in [0.2, 0.25) is 0 Å². The molecule has 0 saturated carbocycles. The van der Waals surface area contributed by atoms with Gasteiger partial charge in [0.15, 0.2) is 6.10 Å². The number of methoxy groups -OCH3 is 1. The maximum atomic E-state index is 13.1. The van der Waals surface area contributed by atoms with Crippen molar-refractivity contribution in [1.29, 1.82) is 5.26 Å². The molecule has 0 aromatic heterocycles. The first-order chi connectivity index (χ1) is 12.9. The van der Waals surface area contributed by atoms with Gasteiger partial charge >= 0.3 is 5.97 Å². The third-order valence-corrected chi connectivity index (χ3v) is 6.10. The van der Waals surface area contributed by atoms with E-state index in [1.807, 2.05) is 12.1 Å². The number of rotatable bonds is 5. The molecule has 1 heterocycles. The third kappa shape index (κ3) is 3.46. The number of esters is 1. The zero-order valence-corrected chi connectivity index (χ0v) is 15.7. The van der Waals surface area contributed by atoms with Crippen molar-refractivity contribution < 1.29 is 22.7 Å². The second-order valence-electron chi connectivity index (χ2n) is 5.99. The van der Waals surface area contributed by atoms with E-state index >= 15 is 0 Å². The highest BCUT2D eigenvalue weighted by atomic mass is 32.2. The summed E-state index contributed by atoms with van der Waals surface area (Å²) in [6, 6.07) is 13.1. The number of para-hydroxylation sites is 1. The Morgan fingerprint density at radius 1 is 1.26 bits per heavy atom. The molecule has 1 aliphatic rings. The summed E-state index contributed by atoms with van der Waals surface area (Å²) >= 11 is 0. The lowest BCUT2D eigenvalue weighted by Crippen LogP contribution is -2.29. The molecule has 2 aromatic rings. The van der Waals surface area contributed by atoms with Crippen LogP contribution in [0, 0.1) is 11.3 Å². The largest absolute Gasteiger partial charge is 0.496 e. The van der Waals surface area contributed by atoms with Crippen molar-refractivity contribution in [1.82, 2.24) is 0 Å². The van der Waals surface area contributed by atoms with Crippen molar-refractivity contribution in [2.45, 2.75) is 24.3 Å². The highest BCUT2D eigenvalue weighted by Crippen LogP contribution is 2.34. The Morgan fingerprint density at radius 3 is 2.70 bits per heavy atom. The Bertz CT molecular complexity index is 1030. The van der Waals surface area contributed by atoms with Crippen LogP contribution in [0.1, 0.15) is 22.8 Å². The Hall–Kier alpha value is -3.05. The summed E-state index contributed by atoms with van der Waals surface area (Å²) in [6.45, 7) is 1.76. The molecule has 8 heteroatoms. The quantitative estimate of drug-likeness (QED) is 0.733. The number of sulfonamides is 1. The second kappa shape index (κ2) is 7.29. The zero-order valence-electron chi connectivity index (χ0n) is 14.9. The fraction of sp³-hybridized carbons (Fsp3) is 0.263. The lowest BCUT2D eigenvalue weighted by Gasteiger charge is -2.20. The number of carbonyl (C=O) groups is 1. The lowest BCUT2D eigenvalue weighted by atomic mass is 10.2. The number of ether oxygens (including phenoxy) is 2. The highest BCUT2D eigenvalue weighted by molar-refractivity contribution is 7.92. The Balaban J connectivity index is 2.01. The summed E-state index contributed by atoms with van der Waals surface area (Å²) in [5.41, 5.74) is 1.54. The van der Waals surface area contributed by atoms with Crippen LogP contribution >= 0.6 is 0 Å². The van der Waals surface area contributed by atoms with Crippen molar-refractivity contribution in [2.24, 2.45) is 0 Å². The van der Waals surface area contributed by atoms with E-state index in [1.54, 1.807) is 18.2 Å². The molecule has 27 heavy (non-hydrogen) atoms. The summed E-state index contributed by atoms with van der Waals surface area (Å²) in [4.78, 5) is 12.3. The molecule has 0 amide bonds. The summed E-state index contributed by atoms with van der Waals surface area (Å²) in [5.74, 6) is -0.648. The third-order valence-electron chi connectivity index (χ3n) is 4.29. The molecule has 0 N–H and O–H groups in total. The Morgan fingerprint density at radius 2 is 2.00 bits per heavy atom. The van der Waals surface area contributed by atoms with Gasteiger partial charge in [-0.2, -0.15) is 5.26 Å². The lowest BCUT2D eigenvalue weighted by molar-refractivity contribution is 0.0431. The molecule has 0 fully saturated rings. The van der Waals surface area contributed by atoms with Gasteiger partial charge in [-0.3, -0.25) is 4.31 Å². The summed E-state index contributed by atoms with van der Waals surface area (Å²) < 4.78 is 37.7. The van der Waals surface area contributed by atoms with E-state index in [-0.39, 0.29) is 16.2 Å². The summed E-state index contributed by atoms with van der Waals surface area (Å²) in [6.07, 6.45) is -0.340. The minimum absolute atomic E-state index is 0.0448. The second-order valence-corrected chi connectivity index (χ2v) is 7.86. The summed E-state index contributed by atoms with van der Waals surface area (Å²) in [5, 5.41) is 8.82. The molecule has 1 atom stereocenters. The average Bonchev–Trinajstić information content (AvgIpc) is 3.12. The number of hydrogen-bond acceptors (Lipinski definition) is 6. The number of benzene rings is 2. The predicted octanol–water partition coefficient (Wildman–Crippen LogP) is 2.52. The molecular weight excluding hydrogens is 368 g/mol. The van der Waals surface area contributed by atoms with E-state index in [2.05, 4.69) is 0 Å². The smallest absolute Gasteiger partial charge is 0.343 e. The maximum Gasteiger partial charge on any atom is 0.343 e. The monoisotopic (exact) mass is 386 g/mol. The van der Waals surface area contributed by atoms with Crippen molar-refractivity contribution >= 4 is 21.7 Å². The van der Waals surface area contributed by atoms with Crippen molar-refractivity contribution in [2.75, 3.05) is 18.0 Å². The minimum atomic E-state index is -3.86.